The van der Waals surface area contributed by atoms with Crippen LogP contribution >= 0.6 is 0 Å². The summed E-state index contributed by atoms with van der Waals surface area (Å²) in [7, 11) is -7.90. The molecule has 3 aliphatic heterocycles. The average Bonchev–Trinajstić information content (AvgIpc) is 3.49. The second-order valence-electron chi connectivity index (χ2n) is 8.97. The average molecular weight is 473 g/mol. The maximum absolute atomic E-state index is 13.3. The van der Waals surface area contributed by atoms with Crippen molar-refractivity contribution in [1.29, 1.82) is 0 Å². The number of piperidine rings is 1. The quantitative estimate of drug-likeness (QED) is 0.622. The zero-order valence-electron chi connectivity index (χ0n) is 18.1. The fourth-order valence-corrected chi connectivity index (χ4v) is 8.57. The number of carbonyl (C=O) groups is 1. The monoisotopic (exact) mass is 472 g/mol. The summed E-state index contributed by atoms with van der Waals surface area (Å²) >= 11 is 0. The van der Waals surface area contributed by atoms with Crippen LogP contribution in [-0.2, 0) is 31.4 Å². The van der Waals surface area contributed by atoms with Gasteiger partial charge in [-0.25, -0.2) is 16.8 Å². The summed E-state index contributed by atoms with van der Waals surface area (Å²) in [5.41, 5.74) is 0. The Morgan fingerprint density at radius 1 is 0.839 bits per heavy atom. The van der Waals surface area contributed by atoms with E-state index >= 15 is 0 Å². The van der Waals surface area contributed by atoms with Gasteiger partial charge in [0.1, 0.15) is 16.3 Å². The number of sulfonamides is 2. The number of hydrogen-bond donors (Lipinski definition) is 0. The number of hydrogen-bond acceptors (Lipinski definition) is 5. The molecule has 0 N–H and O–H groups in total. The first-order chi connectivity index (χ1) is 14.7. The van der Waals surface area contributed by atoms with Gasteiger partial charge < -0.3 is 9.47 Å². The van der Waals surface area contributed by atoms with Gasteiger partial charge in [-0.05, 0) is 44.4 Å². The summed E-state index contributed by atoms with van der Waals surface area (Å²) < 4.78 is 57.3. The lowest BCUT2D eigenvalue weighted by atomic mass is 10.0. The van der Waals surface area contributed by atoms with E-state index in [0.29, 0.717) is 45.2 Å². The fraction of sp³-hybridized carbons (Fsp3) is 0.750. The van der Waals surface area contributed by atoms with Gasteiger partial charge in [-0.15, -0.1) is 0 Å². The zero-order chi connectivity index (χ0) is 22.2. The molecule has 0 aliphatic carbocycles. The molecule has 0 aromatic carbocycles. The van der Waals surface area contributed by atoms with E-state index in [2.05, 4.69) is 6.92 Å². The van der Waals surface area contributed by atoms with Crippen molar-refractivity contribution in [2.75, 3.05) is 39.3 Å². The summed E-state index contributed by atoms with van der Waals surface area (Å²) in [4.78, 5) is 14.2. The number of aromatic nitrogens is 1. The van der Waals surface area contributed by atoms with E-state index in [4.69, 9.17) is 0 Å². The van der Waals surface area contributed by atoms with Gasteiger partial charge in [0.25, 0.3) is 0 Å². The molecule has 4 heterocycles. The first-order valence-corrected chi connectivity index (χ1v) is 14.1. The summed E-state index contributed by atoms with van der Waals surface area (Å²) in [5.74, 6) is 0.316. The maximum atomic E-state index is 13.3. The van der Waals surface area contributed by atoms with Crippen LogP contribution < -0.4 is 0 Å². The molecule has 4 rings (SSSR count). The van der Waals surface area contributed by atoms with Crippen LogP contribution in [-0.4, -0.2) is 80.1 Å². The van der Waals surface area contributed by atoms with Gasteiger partial charge in [0.05, 0.1) is 0 Å². The van der Waals surface area contributed by atoms with E-state index in [9.17, 15) is 21.6 Å². The number of rotatable bonds is 6. The summed E-state index contributed by atoms with van der Waals surface area (Å²) in [5, 5.41) is 0. The Balaban J connectivity index is 1.67. The Bertz CT molecular complexity index is 958. The van der Waals surface area contributed by atoms with E-state index < -0.39 is 20.0 Å². The summed E-state index contributed by atoms with van der Waals surface area (Å²) in [6.45, 7) is 4.97. The molecule has 0 unspecified atom stereocenters. The largest absolute Gasteiger partial charge is 0.342 e. The number of nitrogens with zero attached hydrogens (tertiary/aromatic N) is 4. The second-order valence-corrected chi connectivity index (χ2v) is 12.8. The Morgan fingerprint density at radius 3 is 1.77 bits per heavy atom. The van der Waals surface area contributed by atoms with Crippen LogP contribution in [0.15, 0.2) is 22.2 Å². The smallest absolute Gasteiger partial charge is 0.245 e. The van der Waals surface area contributed by atoms with Crippen molar-refractivity contribution in [3.8, 4) is 0 Å². The first-order valence-electron chi connectivity index (χ1n) is 11.2. The van der Waals surface area contributed by atoms with E-state index in [1.165, 1.54) is 25.6 Å². The van der Waals surface area contributed by atoms with E-state index in [1.54, 1.807) is 4.90 Å². The van der Waals surface area contributed by atoms with Crippen molar-refractivity contribution in [2.45, 2.75) is 61.8 Å². The minimum atomic E-state index is -3.95. The van der Waals surface area contributed by atoms with Gasteiger partial charge in [-0.2, -0.15) is 8.61 Å². The van der Waals surface area contributed by atoms with Crippen molar-refractivity contribution in [2.24, 2.45) is 5.92 Å². The Morgan fingerprint density at radius 2 is 1.32 bits per heavy atom. The SMILES string of the molecule is C[C@H]1CCCN(C(=O)Cn2cc(S(=O)(=O)N3CCCC3)c(S(=O)(=O)N3CCCC3)c2)C1. The molecule has 3 saturated heterocycles. The van der Waals surface area contributed by atoms with Crippen molar-refractivity contribution in [3.05, 3.63) is 12.4 Å². The lowest BCUT2D eigenvalue weighted by Gasteiger charge is -2.31. The highest BCUT2D eigenvalue weighted by atomic mass is 32.2. The van der Waals surface area contributed by atoms with Crippen LogP contribution in [0.1, 0.15) is 45.4 Å². The Labute approximate surface area is 185 Å². The van der Waals surface area contributed by atoms with E-state index in [-0.39, 0.29) is 22.2 Å². The molecule has 31 heavy (non-hydrogen) atoms. The van der Waals surface area contributed by atoms with Crippen LogP contribution in [0.5, 0.6) is 0 Å². The molecule has 0 spiro atoms. The van der Waals surface area contributed by atoms with Crippen molar-refractivity contribution in [3.63, 3.8) is 0 Å². The molecule has 0 radical (unpaired) electrons. The predicted octanol–water partition coefficient (Wildman–Crippen LogP) is 1.32. The molecule has 1 amide bonds. The van der Waals surface area contributed by atoms with Gasteiger partial charge in [0, 0.05) is 51.7 Å². The summed E-state index contributed by atoms with van der Waals surface area (Å²) in [6.07, 6.45) is 7.76. The molecular formula is C20H32N4O5S2. The van der Waals surface area contributed by atoms with Gasteiger partial charge in [-0.3, -0.25) is 4.79 Å². The van der Waals surface area contributed by atoms with Crippen molar-refractivity contribution in [1.82, 2.24) is 18.1 Å². The number of amides is 1. The predicted molar refractivity (Wildman–Crippen MR) is 115 cm³/mol. The highest BCUT2D eigenvalue weighted by Gasteiger charge is 2.38. The minimum absolute atomic E-state index is 0.0647. The zero-order valence-corrected chi connectivity index (χ0v) is 19.7. The number of carbonyl (C=O) groups excluding carboxylic acids is 1. The molecular weight excluding hydrogens is 440 g/mol. The molecule has 1 aromatic rings. The van der Waals surface area contributed by atoms with Crippen LogP contribution in [0.25, 0.3) is 0 Å². The van der Waals surface area contributed by atoms with Crippen LogP contribution in [0.4, 0.5) is 0 Å². The van der Waals surface area contributed by atoms with E-state index in [0.717, 1.165) is 38.5 Å². The fourth-order valence-electron chi connectivity index (χ4n) is 4.75. The maximum Gasteiger partial charge on any atom is 0.245 e. The summed E-state index contributed by atoms with van der Waals surface area (Å²) in [6, 6.07) is 0. The standard InChI is InChI=1S/C20H32N4O5S2/c1-17-7-6-8-22(13-17)20(25)16-21-14-18(30(26,27)23-9-2-3-10-23)19(15-21)31(28,29)24-11-4-5-12-24/h14-15,17H,2-13,16H2,1H3/t17-/m0/s1. The lowest BCUT2D eigenvalue weighted by molar-refractivity contribution is -0.133. The third-order valence-electron chi connectivity index (χ3n) is 6.50. The Kier molecular flexibility index (Phi) is 6.49. The second kappa shape index (κ2) is 8.84. The van der Waals surface area contributed by atoms with Gasteiger partial charge >= 0.3 is 0 Å². The van der Waals surface area contributed by atoms with Gasteiger partial charge in [-0.1, -0.05) is 6.92 Å². The molecule has 3 fully saturated rings. The lowest BCUT2D eigenvalue weighted by Crippen LogP contribution is -2.40. The topological polar surface area (TPSA) is 100 Å². The third-order valence-corrected chi connectivity index (χ3v) is 10.5. The molecule has 0 saturated carbocycles. The molecule has 174 valence electrons. The first kappa shape index (κ1) is 22.8. The molecule has 0 bridgehead atoms. The number of likely N-dealkylation sites (tertiary alicyclic amines) is 1. The van der Waals surface area contributed by atoms with Crippen LogP contribution in [0.2, 0.25) is 0 Å². The van der Waals surface area contributed by atoms with Crippen molar-refractivity contribution >= 4 is 26.0 Å². The van der Waals surface area contributed by atoms with Crippen molar-refractivity contribution < 1.29 is 21.6 Å². The van der Waals surface area contributed by atoms with E-state index in [1.807, 2.05) is 0 Å². The minimum Gasteiger partial charge on any atom is -0.342 e. The molecule has 1 atom stereocenters. The van der Waals surface area contributed by atoms with Crippen LogP contribution in [0.3, 0.4) is 0 Å². The highest BCUT2D eigenvalue weighted by molar-refractivity contribution is 7.92. The Hall–Kier alpha value is -1.43. The van der Waals surface area contributed by atoms with Gasteiger partial charge in [0.15, 0.2) is 0 Å². The third kappa shape index (κ3) is 4.55. The molecule has 11 heteroatoms. The van der Waals surface area contributed by atoms with Gasteiger partial charge in [0.2, 0.25) is 26.0 Å². The van der Waals surface area contributed by atoms with Crippen LogP contribution in [0, 0.1) is 5.92 Å². The molecule has 9 nitrogen and oxygen atoms in total. The molecule has 1 aromatic heterocycles. The normalized spacial score (nSPS) is 24.2. The highest BCUT2D eigenvalue weighted by Crippen LogP contribution is 2.31. The molecule has 3 aliphatic rings.